The highest BCUT2D eigenvalue weighted by atomic mass is 16.8. The van der Waals surface area contributed by atoms with Crippen LogP contribution in [0.2, 0.25) is 0 Å². The minimum absolute atomic E-state index is 0.0186. The minimum atomic E-state index is -1.51. The SMILES string of the molecule is O=C1OC2Cc3ccc(O)cc3OC2(CNCCCOc2ccc3ncoc3c2)OC1=O. The fourth-order valence-corrected chi connectivity index (χ4v) is 3.77. The number of nitrogens with one attached hydrogen (secondary N) is 1. The van der Waals surface area contributed by atoms with Crippen LogP contribution in [-0.4, -0.2) is 53.6 Å². The van der Waals surface area contributed by atoms with E-state index in [1.54, 1.807) is 12.1 Å². The summed E-state index contributed by atoms with van der Waals surface area (Å²) in [6, 6.07) is 10.1. The van der Waals surface area contributed by atoms with Gasteiger partial charge in [0.25, 0.3) is 0 Å². The van der Waals surface area contributed by atoms with E-state index >= 15 is 0 Å². The Morgan fingerprint density at radius 2 is 2.06 bits per heavy atom. The molecule has 3 heterocycles. The summed E-state index contributed by atoms with van der Waals surface area (Å²) in [6.07, 6.45) is 1.53. The van der Waals surface area contributed by atoms with Gasteiger partial charge in [0.2, 0.25) is 0 Å². The van der Waals surface area contributed by atoms with E-state index < -0.39 is 23.8 Å². The Morgan fingerprint density at radius 3 is 2.97 bits per heavy atom. The molecule has 0 aliphatic carbocycles. The molecule has 10 heteroatoms. The third-order valence-corrected chi connectivity index (χ3v) is 5.35. The molecule has 1 fully saturated rings. The van der Waals surface area contributed by atoms with Crippen molar-refractivity contribution in [3.8, 4) is 17.2 Å². The molecule has 2 N–H and O–H groups in total. The fourth-order valence-electron chi connectivity index (χ4n) is 3.77. The molecular formula is C22H20N2O8. The zero-order valence-electron chi connectivity index (χ0n) is 16.9. The molecule has 2 aliphatic heterocycles. The number of aromatic nitrogens is 1. The maximum Gasteiger partial charge on any atom is 0.420 e. The Morgan fingerprint density at radius 1 is 1.16 bits per heavy atom. The molecule has 2 atom stereocenters. The summed E-state index contributed by atoms with van der Waals surface area (Å²) in [5.41, 5.74) is 2.16. The van der Waals surface area contributed by atoms with Crippen molar-refractivity contribution in [2.75, 3.05) is 19.7 Å². The second kappa shape index (κ2) is 8.04. The number of phenolic OH excluding ortho intramolecular Hbond substituents is 1. The molecule has 0 amide bonds. The standard InChI is InChI=1S/C22H20N2O8/c25-14-3-2-13-8-19-22(31-17(13)9-14,32-21(27)20(26)30-19)11-23-6-1-7-28-15-4-5-16-18(10-15)29-12-24-16/h2-5,9-10,12,19,23,25H,1,6-8,11H2. The Labute approximate surface area is 182 Å². The fraction of sp³-hybridized carbons (Fsp3) is 0.318. The van der Waals surface area contributed by atoms with Gasteiger partial charge in [-0.25, -0.2) is 14.6 Å². The molecule has 1 saturated heterocycles. The van der Waals surface area contributed by atoms with E-state index in [0.29, 0.717) is 43.1 Å². The van der Waals surface area contributed by atoms with Crippen LogP contribution in [-0.2, 0) is 25.5 Å². The number of phenols is 1. The number of benzene rings is 2. The van der Waals surface area contributed by atoms with E-state index in [-0.39, 0.29) is 12.3 Å². The van der Waals surface area contributed by atoms with Gasteiger partial charge >= 0.3 is 17.7 Å². The maximum atomic E-state index is 11.9. The molecule has 0 saturated carbocycles. The van der Waals surface area contributed by atoms with Gasteiger partial charge in [0, 0.05) is 18.6 Å². The highest BCUT2D eigenvalue weighted by molar-refractivity contribution is 6.30. The normalized spacial score (nSPS) is 21.8. The van der Waals surface area contributed by atoms with Gasteiger partial charge in [-0.1, -0.05) is 6.07 Å². The van der Waals surface area contributed by atoms with Gasteiger partial charge in [-0.2, -0.15) is 0 Å². The lowest BCUT2D eigenvalue weighted by molar-refractivity contribution is -0.264. The second-order valence-corrected chi connectivity index (χ2v) is 7.55. The Kier molecular flexibility index (Phi) is 5.06. The molecule has 5 rings (SSSR count). The van der Waals surface area contributed by atoms with Gasteiger partial charge < -0.3 is 33.8 Å². The highest BCUT2D eigenvalue weighted by Crippen LogP contribution is 2.39. The van der Waals surface area contributed by atoms with Crippen molar-refractivity contribution in [3.05, 3.63) is 48.4 Å². The average Bonchev–Trinajstić information content (AvgIpc) is 3.24. The predicted octanol–water partition coefficient (Wildman–Crippen LogP) is 1.69. The smallest absolute Gasteiger partial charge is 0.420 e. The number of carbonyl (C=O) groups is 2. The van der Waals surface area contributed by atoms with E-state index in [0.717, 1.165) is 11.1 Å². The third-order valence-electron chi connectivity index (χ3n) is 5.35. The lowest BCUT2D eigenvalue weighted by Crippen LogP contribution is -2.65. The van der Waals surface area contributed by atoms with Gasteiger partial charge in [0.15, 0.2) is 18.1 Å². The van der Waals surface area contributed by atoms with E-state index in [4.69, 9.17) is 23.4 Å². The zero-order chi connectivity index (χ0) is 22.1. The first-order chi connectivity index (χ1) is 15.5. The summed E-state index contributed by atoms with van der Waals surface area (Å²) in [4.78, 5) is 27.7. The zero-order valence-corrected chi connectivity index (χ0v) is 16.9. The van der Waals surface area contributed by atoms with Crippen molar-refractivity contribution < 1.29 is 38.1 Å². The van der Waals surface area contributed by atoms with Crippen molar-refractivity contribution in [2.24, 2.45) is 0 Å². The summed E-state index contributed by atoms with van der Waals surface area (Å²) in [6.45, 7) is 1.06. The Bertz CT molecular complexity index is 1180. The molecule has 2 aromatic carbocycles. The van der Waals surface area contributed by atoms with Gasteiger partial charge in [-0.05, 0) is 36.7 Å². The first-order valence-corrected chi connectivity index (χ1v) is 10.1. The molecule has 32 heavy (non-hydrogen) atoms. The number of aromatic hydroxyl groups is 1. The summed E-state index contributed by atoms with van der Waals surface area (Å²) >= 11 is 0. The molecule has 166 valence electrons. The molecule has 2 aliphatic rings. The summed E-state index contributed by atoms with van der Waals surface area (Å²) < 4.78 is 27.6. The molecule has 3 aromatic rings. The van der Waals surface area contributed by atoms with E-state index in [9.17, 15) is 14.7 Å². The quantitative estimate of drug-likeness (QED) is 0.318. The summed E-state index contributed by atoms with van der Waals surface area (Å²) in [5, 5.41) is 12.9. The van der Waals surface area contributed by atoms with Crippen LogP contribution in [0.1, 0.15) is 12.0 Å². The van der Waals surface area contributed by atoms with Crippen molar-refractivity contribution in [2.45, 2.75) is 24.7 Å². The molecule has 2 unspecified atom stereocenters. The van der Waals surface area contributed by atoms with E-state index in [1.807, 2.05) is 12.1 Å². The second-order valence-electron chi connectivity index (χ2n) is 7.55. The largest absolute Gasteiger partial charge is 0.508 e. The molecule has 0 bridgehead atoms. The monoisotopic (exact) mass is 440 g/mol. The van der Waals surface area contributed by atoms with Gasteiger partial charge in [0.05, 0.1) is 13.2 Å². The molecule has 0 spiro atoms. The van der Waals surface area contributed by atoms with Crippen molar-refractivity contribution in [1.29, 1.82) is 0 Å². The third kappa shape index (κ3) is 3.80. The van der Waals surface area contributed by atoms with Crippen LogP contribution in [0.5, 0.6) is 17.2 Å². The van der Waals surface area contributed by atoms with Crippen LogP contribution in [0.3, 0.4) is 0 Å². The maximum absolute atomic E-state index is 11.9. The van der Waals surface area contributed by atoms with Crippen LogP contribution < -0.4 is 14.8 Å². The van der Waals surface area contributed by atoms with Gasteiger partial charge in [0.1, 0.15) is 22.8 Å². The van der Waals surface area contributed by atoms with Crippen LogP contribution in [0.4, 0.5) is 0 Å². The first kappa shape index (κ1) is 20.1. The Balaban J connectivity index is 1.18. The lowest BCUT2D eigenvalue weighted by Gasteiger charge is -2.44. The van der Waals surface area contributed by atoms with Crippen LogP contribution >= 0.6 is 0 Å². The lowest BCUT2D eigenvalue weighted by atomic mass is 9.95. The Hall–Kier alpha value is -3.79. The first-order valence-electron chi connectivity index (χ1n) is 10.1. The van der Waals surface area contributed by atoms with Crippen molar-refractivity contribution in [3.63, 3.8) is 0 Å². The number of nitrogens with zero attached hydrogens (tertiary/aromatic N) is 1. The van der Waals surface area contributed by atoms with Crippen molar-refractivity contribution in [1.82, 2.24) is 10.3 Å². The number of esters is 2. The number of hydrogen-bond acceptors (Lipinski definition) is 10. The predicted molar refractivity (Wildman–Crippen MR) is 108 cm³/mol. The van der Waals surface area contributed by atoms with Crippen molar-refractivity contribution >= 4 is 23.0 Å². The highest BCUT2D eigenvalue weighted by Gasteiger charge is 2.55. The van der Waals surface area contributed by atoms with Crippen LogP contribution in [0.25, 0.3) is 11.1 Å². The molecular weight excluding hydrogens is 420 g/mol. The molecule has 0 radical (unpaired) electrons. The number of fused-ring (bicyclic) bond motifs is 3. The topological polar surface area (TPSA) is 129 Å². The number of oxazole rings is 1. The minimum Gasteiger partial charge on any atom is -0.508 e. The number of hydrogen-bond donors (Lipinski definition) is 2. The van der Waals surface area contributed by atoms with Crippen LogP contribution in [0, 0.1) is 0 Å². The van der Waals surface area contributed by atoms with E-state index in [2.05, 4.69) is 10.3 Å². The number of rotatable bonds is 7. The van der Waals surface area contributed by atoms with Gasteiger partial charge in [-0.3, -0.25) is 0 Å². The van der Waals surface area contributed by atoms with Gasteiger partial charge in [-0.15, -0.1) is 0 Å². The number of carbonyl (C=O) groups excluding carboxylic acids is 2. The summed E-state index contributed by atoms with van der Waals surface area (Å²) in [5.74, 6) is -2.60. The molecule has 10 nitrogen and oxygen atoms in total. The van der Waals surface area contributed by atoms with E-state index in [1.165, 1.54) is 18.5 Å². The average molecular weight is 440 g/mol. The van der Waals surface area contributed by atoms with Crippen LogP contribution in [0.15, 0.2) is 47.2 Å². The summed E-state index contributed by atoms with van der Waals surface area (Å²) in [7, 11) is 0. The number of ether oxygens (including phenoxy) is 4. The molecule has 1 aromatic heterocycles.